The molecule has 3 rings (SSSR count). The molecule has 0 fully saturated rings. The lowest BCUT2D eigenvalue weighted by atomic mass is 10.00. The highest BCUT2D eigenvalue weighted by Crippen LogP contribution is 2.29. The van der Waals surface area contributed by atoms with Crippen molar-refractivity contribution in [2.75, 3.05) is 13.1 Å². The average Bonchev–Trinajstić information content (AvgIpc) is 3.03. The smallest absolute Gasteiger partial charge is 0.0701 e. The van der Waals surface area contributed by atoms with E-state index in [9.17, 15) is 0 Å². The Balaban J connectivity index is 2.00. The van der Waals surface area contributed by atoms with E-state index in [4.69, 9.17) is 6.42 Å². The van der Waals surface area contributed by atoms with Crippen molar-refractivity contribution in [3.05, 3.63) is 66.9 Å². The van der Waals surface area contributed by atoms with Gasteiger partial charge in [0.2, 0.25) is 0 Å². The van der Waals surface area contributed by atoms with Gasteiger partial charge < -0.3 is 0 Å². The van der Waals surface area contributed by atoms with E-state index in [2.05, 4.69) is 70.1 Å². The molecule has 0 unspecified atom stereocenters. The van der Waals surface area contributed by atoms with Crippen LogP contribution in [0.2, 0.25) is 0 Å². The third-order valence-corrected chi connectivity index (χ3v) is 3.87. The highest BCUT2D eigenvalue weighted by Gasteiger charge is 2.13. The summed E-state index contributed by atoms with van der Waals surface area (Å²) in [6, 6.07) is 14.7. The van der Waals surface area contributed by atoms with Crippen molar-refractivity contribution in [2.45, 2.75) is 6.54 Å². The van der Waals surface area contributed by atoms with Crippen molar-refractivity contribution < 1.29 is 0 Å². The molecule has 0 radical (unpaired) electrons. The van der Waals surface area contributed by atoms with Gasteiger partial charge in [0.15, 0.2) is 0 Å². The number of fused-ring (bicyclic) bond motifs is 1. The van der Waals surface area contributed by atoms with E-state index in [-0.39, 0.29) is 0 Å². The first-order chi connectivity index (χ1) is 11.3. The van der Waals surface area contributed by atoms with E-state index < -0.39 is 0 Å². The number of aromatic nitrogens is 2. The lowest BCUT2D eigenvalue weighted by Gasteiger charge is -2.18. The van der Waals surface area contributed by atoms with E-state index in [1.807, 2.05) is 12.3 Å². The van der Waals surface area contributed by atoms with Gasteiger partial charge in [-0.15, -0.1) is 13.0 Å². The number of H-pyrrole nitrogens is 1. The van der Waals surface area contributed by atoms with Crippen molar-refractivity contribution >= 4 is 10.8 Å². The molecule has 0 amide bonds. The molecule has 0 saturated heterocycles. The summed E-state index contributed by atoms with van der Waals surface area (Å²) in [6.45, 7) is 5.88. The molecule has 0 spiro atoms. The molecule has 1 aromatic heterocycles. The van der Waals surface area contributed by atoms with Gasteiger partial charge in [-0.1, -0.05) is 54.5 Å². The minimum atomic E-state index is 0.589. The van der Waals surface area contributed by atoms with Crippen LogP contribution in [0, 0.1) is 12.3 Å². The molecular formula is C20H19N3. The maximum Gasteiger partial charge on any atom is 0.0701 e. The van der Waals surface area contributed by atoms with E-state index >= 15 is 0 Å². The Morgan fingerprint density at radius 1 is 1.22 bits per heavy atom. The van der Waals surface area contributed by atoms with Crippen LogP contribution in [-0.4, -0.2) is 28.2 Å². The quantitative estimate of drug-likeness (QED) is 0.554. The second kappa shape index (κ2) is 6.95. The van der Waals surface area contributed by atoms with Crippen LogP contribution in [0.4, 0.5) is 0 Å². The van der Waals surface area contributed by atoms with Crippen molar-refractivity contribution in [1.29, 1.82) is 0 Å². The Morgan fingerprint density at radius 2 is 2.04 bits per heavy atom. The van der Waals surface area contributed by atoms with Gasteiger partial charge in [-0.3, -0.25) is 10.00 Å². The van der Waals surface area contributed by atoms with Gasteiger partial charge in [0.25, 0.3) is 0 Å². The molecular weight excluding hydrogens is 282 g/mol. The fourth-order valence-electron chi connectivity index (χ4n) is 2.85. The van der Waals surface area contributed by atoms with E-state index in [1.54, 1.807) is 0 Å². The lowest BCUT2D eigenvalue weighted by Crippen LogP contribution is -2.23. The highest BCUT2D eigenvalue weighted by molar-refractivity contribution is 5.96. The Kier molecular flexibility index (Phi) is 4.56. The summed E-state index contributed by atoms with van der Waals surface area (Å²) in [5.74, 6) is 2.70. The largest absolute Gasteiger partial charge is 0.284 e. The summed E-state index contributed by atoms with van der Waals surface area (Å²) in [5, 5.41) is 9.83. The standard InChI is InChI=1S/C20H19N3/c1-3-12-23(13-4-2)15-17-14-21-22-20(17)19-11-7-9-16-8-5-6-10-18(16)19/h1,4-11,14H,2,12-13,15H2,(H,21,22). The number of nitrogens with one attached hydrogen (secondary N) is 1. The summed E-state index contributed by atoms with van der Waals surface area (Å²) in [7, 11) is 0. The third kappa shape index (κ3) is 3.18. The van der Waals surface area contributed by atoms with Gasteiger partial charge in [-0.2, -0.15) is 5.10 Å². The number of aromatic amines is 1. The van der Waals surface area contributed by atoms with Crippen LogP contribution < -0.4 is 0 Å². The summed E-state index contributed by atoms with van der Waals surface area (Å²) in [6.07, 6.45) is 9.21. The first kappa shape index (κ1) is 15.1. The maximum absolute atomic E-state index is 5.46. The van der Waals surface area contributed by atoms with Crippen molar-refractivity contribution in [1.82, 2.24) is 15.1 Å². The second-order valence-corrected chi connectivity index (χ2v) is 5.46. The molecule has 0 bridgehead atoms. The van der Waals surface area contributed by atoms with E-state index in [1.165, 1.54) is 10.8 Å². The predicted molar refractivity (Wildman–Crippen MR) is 95.8 cm³/mol. The fraction of sp³-hybridized carbons (Fsp3) is 0.150. The molecule has 3 heteroatoms. The van der Waals surface area contributed by atoms with Crippen LogP contribution in [0.15, 0.2) is 61.3 Å². The van der Waals surface area contributed by atoms with Crippen LogP contribution in [-0.2, 0) is 6.54 Å². The molecule has 2 aromatic carbocycles. The number of hydrogen-bond acceptors (Lipinski definition) is 2. The predicted octanol–water partition coefficient (Wildman–Crippen LogP) is 3.85. The van der Waals surface area contributed by atoms with Crippen LogP contribution in [0.5, 0.6) is 0 Å². The Bertz CT molecular complexity index is 849. The van der Waals surface area contributed by atoms with Gasteiger partial charge in [-0.25, -0.2) is 0 Å². The zero-order chi connectivity index (χ0) is 16.1. The SMILES string of the molecule is C#CCN(CC=C)Cc1cn[nH]c1-c1cccc2ccccc12. The molecule has 0 aliphatic heterocycles. The monoisotopic (exact) mass is 301 g/mol. The Morgan fingerprint density at radius 3 is 2.87 bits per heavy atom. The van der Waals surface area contributed by atoms with Gasteiger partial charge in [0, 0.05) is 24.2 Å². The average molecular weight is 301 g/mol. The van der Waals surface area contributed by atoms with Crippen LogP contribution in [0.1, 0.15) is 5.56 Å². The van der Waals surface area contributed by atoms with Crippen LogP contribution >= 0.6 is 0 Å². The lowest BCUT2D eigenvalue weighted by molar-refractivity contribution is 0.333. The normalized spacial score (nSPS) is 10.8. The van der Waals surface area contributed by atoms with Gasteiger partial charge in [0.05, 0.1) is 18.4 Å². The summed E-state index contributed by atoms with van der Waals surface area (Å²) in [5.41, 5.74) is 3.35. The van der Waals surface area contributed by atoms with Gasteiger partial charge in [-0.05, 0) is 10.8 Å². The molecule has 3 aromatic rings. The number of hydrogen-bond donors (Lipinski definition) is 1. The first-order valence-corrected chi connectivity index (χ1v) is 7.60. The number of nitrogens with zero attached hydrogens (tertiary/aromatic N) is 2. The zero-order valence-corrected chi connectivity index (χ0v) is 13.0. The Labute approximate surface area is 136 Å². The molecule has 0 aliphatic rings. The third-order valence-electron chi connectivity index (χ3n) is 3.87. The van der Waals surface area contributed by atoms with Gasteiger partial charge >= 0.3 is 0 Å². The second-order valence-electron chi connectivity index (χ2n) is 5.46. The summed E-state index contributed by atoms with van der Waals surface area (Å²) < 4.78 is 0. The number of rotatable bonds is 6. The molecule has 23 heavy (non-hydrogen) atoms. The topological polar surface area (TPSA) is 31.9 Å². The van der Waals surface area contributed by atoms with Gasteiger partial charge in [0.1, 0.15) is 0 Å². The minimum absolute atomic E-state index is 0.589. The fourth-order valence-corrected chi connectivity index (χ4v) is 2.85. The molecule has 1 N–H and O–H groups in total. The summed E-state index contributed by atoms with van der Waals surface area (Å²) in [4.78, 5) is 2.16. The van der Waals surface area contributed by atoms with Crippen molar-refractivity contribution in [3.8, 4) is 23.6 Å². The maximum atomic E-state index is 5.46. The number of terminal acetylenes is 1. The molecule has 3 nitrogen and oxygen atoms in total. The molecule has 1 heterocycles. The minimum Gasteiger partial charge on any atom is -0.284 e. The molecule has 0 atom stereocenters. The van der Waals surface area contributed by atoms with Crippen molar-refractivity contribution in [2.24, 2.45) is 0 Å². The van der Waals surface area contributed by atoms with E-state index in [0.29, 0.717) is 6.54 Å². The first-order valence-electron chi connectivity index (χ1n) is 7.60. The molecule has 0 saturated carbocycles. The highest BCUT2D eigenvalue weighted by atomic mass is 15.1. The number of benzene rings is 2. The summed E-state index contributed by atoms with van der Waals surface area (Å²) >= 11 is 0. The van der Waals surface area contributed by atoms with Crippen LogP contribution in [0.25, 0.3) is 22.0 Å². The van der Waals surface area contributed by atoms with Crippen molar-refractivity contribution in [3.63, 3.8) is 0 Å². The van der Waals surface area contributed by atoms with Crippen LogP contribution in [0.3, 0.4) is 0 Å². The molecule has 0 aliphatic carbocycles. The Hall–Kier alpha value is -2.83. The van der Waals surface area contributed by atoms with E-state index in [0.717, 1.165) is 29.9 Å². The zero-order valence-electron chi connectivity index (χ0n) is 13.0. The molecule has 114 valence electrons.